The average molecular weight is 186 g/mol. The van der Waals surface area contributed by atoms with Gasteiger partial charge in [0.05, 0.1) is 6.61 Å². The summed E-state index contributed by atoms with van der Waals surface area (Å²) in [4.78, 5) is 9.76. The molecule has 7 nitrogen and oxygen atoms in total. The van der Waals surface area contributed by atoms with E-state index in [0.717, 1.165) is 0 Å². The molecule has 0 radical (unpaired) electrons. The fraction of sp³-hybridized carbons (Fsp3) is 0.800. The second kappa shape index (κ2) is 8.53. The van der Waals surface area contributed by atoms with Gasteiger partial charge >= 0.3 is 0 Å². The van der Waals surface area contributed by atoms with E-state index in [9.17, 15) is 4.79 Å². The highest BCUT2D eigenvalue weighted by Crippen LogP contribution is 1.96. The first-order chi connectivity index (χ1) is 4.63. The minimum absolute atomic E-state index is 0. The zero-order chi connectivity index (χ0) is 8.15. The number of hydrogen-bond acceptors (Lipinski definition) is 5. The van der Waals surface area contributed by atoms with Gasteiger partial charge in [0.15, 0.2) is 6.29 Å². The molecule has 0 saturated carbocycles. The van der Waals surface area contributed by atoms with Crippen LogP contribution in [0.5, 0.6) is 0 Å². The van der Waals surface area contributed by atoms with Crippen LogP contribution in [-0.2, 0) is 4.79 Å². The summed E-state index contributed by atoms with van der Waals surface area (Å²) in [5, 5.41) is 34.1. The molecule has 0 saturated heterocycles. The molecule has 0 amide bonds. The molecular formula is C5H14O7. The highest BCUT2D eigenvalue weighted by atomic mass is 16.4. The number of carbonyl (C=O) groups excluding carboxylic acids is 1. The van der Waals surface area contributed by atoms with Crippen LogP contribution in [0.25, 0.3) is 0 Å². The van der Waals surface area contributed by atoms with Gasteiger partial charge in [-0.15, -0.1) is 0 Å². The van der Waals surface area contributed by atoms with Gasteiger partial charge in [-0.1, -0.05) is 0 Å². The first kappa shape index (κ1) is 17.5. The summed E-state index contributed by atoms with van der Waals surface area (Å²) < 4.78 is 0. The van der Waals surface area contributed by atoms with Crippen LogP contribution in [0.4, 0.5) is 0 Å². The van der Waals surface area contributed by atoms with E-state index < -0.39 is 24.9 Å². The van der Waals surface area contributed by atoms with Crippen molar-refractivity contribution < 1.29 is 36.2 Å². The largest absolute Gasteiger partial charge is 0.412 e. The number of hydrogen-bond donors (Lipinski definition) is 4. The highest BCUT2D eigenvalue weighted by molar-refractivity contribution is 5.56. The third-order valence-corrected chi connectivity index (χ3v) is 1.07. The molecule has 8 N–H and O–H groups in total. The van der Waals surface area contributed by atoms with Crippen molar-refractivity contribution in [1.29, 1.82) is 0 Å². The zero-order valence-electron chi connectivity index (χ0n) is 6.21. The van der Waals surface area contributed by atoms with Crippen molar-refractivity contribution in [3.05, 3.63) is 0 Å². The molecular weight excluding hydrogens is 172 g/mol. The maximum atomic E-state index is 9.76. The van der Waals surface area contributed by atoms with Crippen LogP contribution in [-0.4, -0.2) is 62.6 Å². The summed E-state index contributed by atoms with van der Waals surface area (Å²) in [6, 6.07) is 0. The number of carbonyl (C=O) groups is 1. The van der Waals surface area contributed by atoms with Gasteiger partial charge in [0.2, 0.25) is 0 Å². The third-order valence-electron chi connectivity index (χ3n) is 1.07. The fourth-order valence-electron chi connectivity index (χ4n) is 0.416. The van der Waals surface area contributed by atoms with Crippen LogP contribution in [0.3, 0.4) is 0 Å². The molecule has 0 aliphatic carbocycles. The highest BCUT2D eigenvalue weighted by Gasteiger charge is 2.22. The fourth-order valence-corrected chi connectivity index (χ4v) is 0.416. The van der Waals surface area contributed by atoms with Crippen LogP contribution in [0.2, 0.25) is 0 Å². The van der Waals surface area contributed by atoms with E-state index in [-0.39, 0.29) is 17.2 Å². The predicted octanol–water partition coefficient (Wildman–Crippen LogP) is -4.39. The summed E-state index contributed by atoms with van der Waals surface area (Å²) in [5.41, 5.74) is 0. The monoisotopic (exact) mass is 186 g/mol. The van der Waals surface area contributed by atoms with E-state index in [1.165, 1.54) is 0 Å². The van der Waals surface area contributed by atoms with Gasteiger partial charge in [-0.05, 0) is 0 Å². The second-order valence-corrected chi connectivity index (χ2v) is 1.87. The maximum absolute atomic E-state index is 9.76. The normalized spacial score (nSPS) is 16.3. The quantitative estimate of drug-likeness (QED) is 0.325. The molecule has 0 aliphatic rings. The minimum Gasteiger partial charge on any atom is -0.412 e. The predicted molar refractivity (Wildman–Crippen MR) is 38.4 cm³/mol. The van der Waals surface area contributed by atoms with Crippen molar-refractivity contribution in [2.24, 2.45) is 0 Å². The van der Waals surface area contributed by atoms with Crippen molar-refractivity contribution in [2.75, 3.05) is 6.61 Å². The Labute approximate surface area is 68.5 Å². The number of aliphatic hydroxyl groups excluding tert-OH is 4. The summed E-state index contributed by atoms with van der Waals surface area (Å²) in [7, 11) is 0. The molecule has 0 rings (SSSR count). The Morgan fingerprint density at radius 1 is 1.17 bits per heavy atom. The van der Waals surface area contributed by atoms with Crippen LogP contribution in [0.1, 0.15) is 0 Å². The van der Waals surface area contributed by atoms with E-state index >= 15 is 0 Å². The lowest BCUT2D eigenvalue weighted by Gasteiger charge is -2.16. The van der Waals surface area contributed by atoms with Gasteiger partial charge < -0.3 is 36.2 Å². The second-order valence-electron chi connectivity index (χ2n) is 1.87. The van der Waals surface area contributed by atoms with Gasteiger partial charge in [0.25, 0.3) is 0 Å². The van der Waals surface area contributed by atoms with Crippen LogP contribution in [0, 0.1) is 0 Å². The molecule has 7 heteroatoms. The molecule has 76 valence electrons. The van der Waals surface area contributed by atoms with E-state index in [2.05, 4.69) is 0 Å². The molecule has 0 aromatic heterocycles. The first-order valence-corrected chi connectivity index (χ1v) is 2.73. The molecule has 12 heavy (non-hydrogen) atoms. The van der Waals surface area contributed by atoms with Crippen molar-refractivity contribution >= 4 is 6.29 Å². The lowest BCUT2D eigenvalue weighted by Crippen LogP contribution is -2.40. The lowest BCUT2D eigenvalue weighted by atomic mass is 10.1. The lowest BCUT2D eigenvalue weighted by molar-refractivity contribution is -0.127. The van der Waals surface area contributed by atoms with Gasteiger partial charge in [-0.3, -0.25) is 0 Å². The summed E-state index contributed by atoms with van der Waals surface area (Å²) >= 11 is 0. The zero-order valence-corrected chi connectivity index (χ0v) is 6.21. The van der Waals surface area contributed by atoms with Crippen molar-refractivity contribution in [2.45, 2.75) is 18.3 Å². The number of aldehydes is 1. The SMILES string of the molecule is O.O.O=C[C@H](O)[C@@H](O)[C@H](O)CO. The Morgan fingerprint density at radius 3 is 1.83 bits per heavy atom. The molecule has 0 aliphatic heterocycles. The van der Waals surface area contributed by atoms with Crippen LogP contribution >= 0.6 is 0 Å². The topological polar surface area (TPSA) is 161 Å². The Kier molecular flexibility index (Phi) is 12.4. The molecule has 0 bridgehead atoms. The Bertz CT molecular complexity index is 106. The molecule has 3 atom stereocenters. The van der Waals surface area contributed by atoms with Crippen molar-refractivity contribution in [3.8, 4) is 0 Å². The van der Waals surface area contributed by atoms with Crippen molar-refractivity contribution in [1.82, 2.24) is 0 Å². The van der Waals surface area contributed by atoms with Gasteiger partial charge in [-0.2, -0.15) is 0 Å². The first-order valence-electron chi connectivity index (χ1n) is 2.73. The van der Waals surface area contributed by atoms with Crippen LogP contribution in [0.15, 0.2) is 0 Å². The van der Waals surface area contributed by atoms with Gasteiger partial charge in [0.1, 0.15) is 18.3 Å². The Balaban J connectivity index is -0.000000405. The van der Waals surface area contributed by atoms with Gasteiger partial charge in [0, 0.05) is 0 Å². The van der Waals surface area contributed by atoms with Crippen molar-refractivity contribution in [3.63, 3.8) is 0 Å². The number of rotatable bonds is 4. The number of aliphatic hydroxyl groups is 4. The Morgan fingerprint density at radius 2 is 1.58 bits per heavy atom. The molecule has 0 unspecified atom stereocenters. The maximum Gasteiger partial charge on any atom is 0.151 e. The molecule has 0 heterocycles. The van der Waals surface area contributed by atoms with Gasteiger partial charge in [-0.25, -0.2) is 0 Å². The standard InChI is InChI=1S/C5H10O5.2H2O/c6-1-3(8)5(10)4(9)2-7;;/h1,3-5,7-10H,2H2;2*1H2/t3-,4+,5+;;/m0../s1. The average Bonchev–Trinajstić information content (AvgIpc) is 2.00. The van der Waals surface area contributed by atoms with Crippen LogP contribution < -0.4 is 0 Å². The minimum atomic E-state index is -1.64. The molecule has 0 aromatic rings. The summed E-state index contributed by atoms with van der Waals surface area (Å²) in [6.45, 7) is -0.688. The van der Waals surface area contributed by atoms with E-state index in [0.29, 0.717) is 0 Å². The van der Waals surface area contributed by atoms with E-state index in [1.54, 1.807) is 0 Å². The van der Waals surface area contributed by atoms with E-state index in [4.69, 9.17) is 20.4 Å². The third kappa shape index (κ3) is 5.13. The molecule has 0 aromatic carbocycles. The summed E-state index contributed by atoms with van der Waals surface area (Å²) in [5.74, 6) is 0. The summed E-state index contributed by atoms with van der Waals surface area (Å²) in [6.07, 6.45) is -4.63. The smallest absolute Gasteiger partial charge is 0.151 e. The molecule has 0 fully saturated rings. The molecule has 0 spiro atoms. The Hall–Kier alpha value is -0.570. The van der Waals surface area contributed by atoms with E-state index in [1.807, 2.05) is 0 Å².